The average molecular weight is 388 g/mol. The summed E-state index contributed by atoms with van der Waals surface area (Å²) in [5, 5.41) is 19.7. The molecule has 0 heterocycles. The van der Waals surface area contributed by atoms with Crippen LogP contribution in [-0.2, 0) is 0 Å². The van der Waals surface area contributed by atoms with E-state index in [0.29, 0.717) is 0 Å². The van der Waals surface area contributed by atoms with Gasteiger partial charge in [-0.2, -0.15) is 0 Å². The Kier molecular flexibility index (Phi) is 15.5. The highest BCUT2D eigenvalue weighted by Crippen LogP contribution is 2.12. The van der Waals surface area contributed by atoms with E-state index in [1.807, 2.05) is 36.4 Å². The number of nitrogens with zero attached hydrogens (tertiary/aromatic N) is 1. The summed E-state index contributed by atoms with van der Waals surface area (Å²) in [7, 11) is 0. The predicted octanol–water partition coefficient (Wildman–Crippen LogP) is 6.08. The zero-order valence-corrected chi connectivity index (χ0v) is 17.8. The molecule has 0 saturated carbocycles. The van der Waals surface area contributed by atoms with Gasteiger partial charge in [0.1, 0.15) is 6.04 Å². The van der Waals surface area contributed by atoms with E-state index in [-0.39, 0.29) is 6.61 Å². The van der Waals surface area contributed by atoms with E-state index in [4.69, 9.17) is 0 Å². The molecule has 0 saturated heterocycles. The van der Waals surface area contributed by atoms with Gasteiger partial charge in [0.25, 0.3) is 0 Å². The molecule has 0 aliphatic rings. The number of aliphatic imine (C=N–C) groups is 1. The van der Waals surface area contributed by atoms with Gasteiger partial charge in [-0.25, -0.2) is 0 Å². The molecule has 158 valence electrons. The molecule has 0 amide bonds. The van der Waals surface area contributed by atoms with Gasteiger partial charge in [-0.3, -0.25) is 4.99 Å². The maximum atomic E-state index is 10.2. The molecule has 0 spiro atoms. The maximum Gasteiger partial charge on any atom is 0.102 e. The molecule has 1 aromatic rings. The Bertz CT molecular complexity index is 513. The third-order valence-electron chi connectivity index (χ3n) is 5.10. The van der Waals surface area contributed by atoms with Crippen LogP contribution in [0.1, 0.15) is 89.5 Å². The van der Waals surface area contributed by atoms with E-state index in [1.165, 1.54) is 64.2 Å². The smallest absolute Gasteiger partial charge is 0.102 e. The van der Waals surface area contributed by atoms with Crippen molar-refractivity contribution >= 4 is 6.21 Å². The minimum atomic E-state index is -0.738. The van der Waals surface area contributed by atoms with Crippen molar-refractivity contribution < 1.29 is 10.2 Å². The molecule has 0 aliphatic carbocycles. The van der Waals surface area contributed by atoms with Crippen molar-refractivity contribution in [3.05, 3.63) is 48.0 Å². The van der Waals surface area contributed by atoms with E-state index >= 15 is 0 Å². The molecule has 0 unspecified atom stereocenters. The second-order valence-corrected chi connectivity index (χ2v) is 7.68. The van der Waals surface area contributed by atoms with E-state index in [9.17, 15) is 10.2 Å². The molecule has 1 rings (SSSR count). The highest BCUT2D eigenvalue weighted by atomic mass is 16.3. The molecule has 0 bridgehead atoms. The van der Waals surface area contributed by atoms with Crippen LogP contribution < -0.4 is 0 Å². The number of hydrogen-bond acceptors (Lipinski definition) is 3. The van der Waals surface area contributed by atoms with Crippen molar-refractivity contribution in [2.24, 2.45) is 4.99 Å². The zero-order valence-electron chi connectivity index (χ0n) is 17.8. The van der Waals surface area contributed by atoms with Crippen LogP contribution >= 0.6 is 0 Å². The van der Waals surface area contributed by atoms with E-state index in [1.54, 1.807) is 12.3 Å². The van der Waals surface area contributed by atoms with Crippen LogP contribution in [0.15, 0.2) is 47.5 Å². The molecule has 28 heavy (non-hydrogen) atoms. The van der Waals surface area contributed by atoms with E-state index < -0.39 is 12.1 Å². The second-order valence-electron chi connectivity index (χ2n) is 7.68. The SMILES string of the molecule is CCCCCCCCCCCCC/C=C/[C@@H](O)[C@H](CO)/N=C/c1ccccc1. The van der Waals surface area contributed by atoms with Crippen LogP contribution in [0.2, 0.25) is 0 Å². The summed E-state index contributed by atoms with van der Waals surface area (Å²) in [6, 6.07) is 9.24. The quantitative estimate of drug-likeness (QED) is 0.193. The normalized spacial score (nSPS) is 14.1. The Morgan fingerprint density at radius 2 is 1.43 bits per heavy atom. The molecule has 0 radical (unpaired) electrons. The summed E-state index contributed by atoms with van der Waals surface area (Å²) in [4.78, 5) is 4.32. The zero-order chi connectivity index (χ0) is 20.3. The summed E-state index contributed by atoms with van der Waals surface area (Å²) in [5.41, 5.74) is 0.970. The van der Waals surface area contributed by atoms with Crippen LogP contribution in [0, 0.1) is 0 Å². The van der Waals surface area contributed by atoms with Crippen molar-refractivity contribution in [1.29, 1.82) is 0 Å². The second kappa shape index (κ2) is 17.6. The van der Waals surface area contributed by atoms with Crippen molar-refractivity contribution in [2.75, 3.05) is 6.61 Å². The largest absolute Gasteiger partial charge is 0.394 e. The number of aliphatic hydroxyl groups is 2. The molecular weight excluding hydrogens is 346 g/mol. The monoisotopic (exact) mass is 387 g/mol. The average Bonchev–Trinajstić information content (AvgIpc) is 2.72. The van der Waals surface area contributed by atoms with Crippen molar-refractivity contribution in [1.82, 2.24) is 0 Å². The summed E-state index contributed by atoms with van der Waals surface area (Å²) in [6.07, 6.45) is 20.5. The van der Waals surface area contributed by atoms with Gasteiger partial charge >= 0.3 is 0 Å². The molecule has 2 atom stereocenters. The van der Waals surface area contributed by atoms with Crippen LogP contribution in [-0.4, -0.2) is 35.2 Å². The van der Waals surface area contributed by atoms with Crippen LogP contribution in [0.25, 0.3) is 0 Å². The topological polar surface area (TPSA) is 52.8 Å². The number of allylic oxidation sites excluding steroid dienone is 1. The summed E-state index contributed by atoms with van der Waals surface area (Å²) in [5.74, 6) is 0. The number of aliphatic hydroxyl groups excluding tert-OH is 2. The summed E-state index contributed by atoms with van der Waals surface area (Å²) in [6.45, 7) is 2.11. The van der Waals surface area contributed by atoms with Gasteiger partial charge in [0, 0.05) is 6.21 Å². The molecular formula is C25H41NO2. The first kappa shape index (κ1) is 24.6. The first-order valence-electron chi connectivity index (χ1n) is 11.3. The molecule has 0 fully saturated rings. The molecule has 3 heteroatoms. The van der Waals surface area contributed by atoms with Crippen LogP contribution in [0.3, 0.4) is 0 Å². The minimum Gasteiger partial charge on any atom is -0.394 e. The molecule has 0 aliphatic heterocycles. The standard InChI is InChI=1S/C25H41NO2/c1-2-3-4-5-6-7-8-9-10-11-12-13-17-20-25(28)24(22-27)26-21-23-18-15-14-16-19-23/h14-21,24-25,27-28H,2-13,22H2,1H3/b20-17+,26-21+/t24-,25+/m0/s1. The van der Waals surface area contributed by atoms with Gasteiger partial charge < -0.3 is 10.2 Å². The van der Waals surface area contributed by atoms with Crippen molar-refractivity contribution in [3.8, 4) is 0 Å². The van der Waals surface area contributed by atoms with Gasteiger partial charge in [0.15, 0.2) is 0 Å². The van der Waals surface area contributed by atoms with Gasteiger partial charge in [-0.15, -0.1) is 0 Å². The fourth-order valence-corrected chi connectivity index (χ4v) is 3.25. The van der Waals surface area contributed by atoms with Gasteiger partial charge in [0.2, 0.25) is 0 Å². The van der Waals surface area contributed by atoms with E-state index in [0.717, 1.165) is 18.4 Å². The lowest BCUT2D eigenvalue weighted by atomic mass is 10.0. The maximum absolute atomic E-state index is 10.2. The van der Waals surface area contributed by atoms with Gasteiger partial charge in [0.05, 0.1) is 12.7 Å². The van der Waals surface area contributed by atoms with Gasteiger partial charge in [-0.1, -0.05) is 114 Å². The lowest BCUT2D eigenvalue weighted by Crippen LogP contribution is -2.26. The van der Waals surface area contributed by atoms with Crippen LogP contribution in [0.4, 0.5) is 0 Å². The minimum absolute atomic E-state index is 0.159. The van der Waals surface area contributed by atoms with Gasteiger partial charge in [-0.05, 0) is 18.4 Å². The fraction of sp³-hybridized carbons (Fsp3) is 0.640. The predicted molar refractivity (Wildman–Crippen MR) is 121 cm³/mol. The Morgan fingerprint density at radius 3 is 2.00 bits per heavy atom. The lowest BCUT2D eigenvalue weighted by Gasteiger charge is -2.13. The number of rotatable bonds is 17. The third kappa shape index (κ3) is 12.9. The molecule has 0 aromatic heterocycles. The number of hydrogen-bond donors (Lipinski definition) is 2. The third-order valence-corrected chi connectivity index (χ3v) is 5.10. The summed E-state index contributed by atoms with van der Waals surface area (Å²) < 4.78 is 0. The number of benzene rings is 1. The lowest BCUT2D eigenvalue weighted by molar-refractivity contribution is 0.145. The molecule has 2 N–H and O–H groups in total. The van der Waals surface area contributed by atoms with E-state index in [2.05, 4.69) is 11.9 Å². The first-order chi connectivity index (χ1) is 13.8. The summed E-state index contributed by atoms with van der Waals surface area (Å²) >= 11 is 0. The molecule has 1 aromatic carbocycles. The highest BCUT2D eigenvalue weighted by molar-refractivity contribution is 5.79. The first-order valence-corrected chi connectivity index (χ1v) is 11.3. The Hall–Kier alpha value is -1.45. The van der Waals surface area contributed by atoms with Crippen LogP contribution in [0.5, 0.6) is 0 Å². The Balaban J connectivity index is 2.06. The Labute approximate surface area is 172 Å². The fourth-order valence-electron chi connectivity index (χ4n) is 3.25. The van der Waals surface area contributed by atoms with Crippen molar-refractivity contribution in [2.45, 2.75) is 96.1 Å². The van der Waals surface area contributed by atoms with Crippen molar-refractivity contribution in [3.63, 3.8) is 0 Å². The highest BCUT2D eigenvalue weighted by Gasteiger charge is 2.13. The molecule has 3 nitrogen and oxygen atoms in total. The Morgan fingerprint density at radius 1 is 0.857 bits per heavy atom. The number of unbranched alkanes of at least 4 members (excludes halogenated alkanes) is 11.